The van der Waals surface area contributed by atoms with Gasteiger partial charge in [0, 0.05) is 11.3 Å². The molecule has 2 rings (SSSR count). The van der Waals surface area contributed by atoms with Gasteiger partial charge in [-0.05, 0) is 11.6 Å². The second-order valence-corrected chi connectivity index (χ2v) is 2.59. The first kappa shape index (κ1) is 3.97. The van der Waals surface area contributed by atoms with E-state index in [1.54, 1.807) is 24.3 Å². The highest BCUT2D eigenvalue weighted by molar-refractivity contribution is 5.75. The summed E-state index contributed by atoms with van der Waals surface area (Å²) in [6.45, 7) is 0. The van der Waals surface area contributed by atoms with E-state index in [0.717, 1.165) is 0 Å². The predicted molar refractivity (Wildman–Crippen MR) is 56.3 cm³/mol. The number of hydrogen-bond donors (Lipinski definition) is 1. The molecule has 1 nitrogen and oxygen atoms in total. The number of benzene rings is 2. The van der Waals surface area contributed by atoms with Crippen LogP contribution in [0.2, 0.25) is 0 Å². The fourth-order valence-electron chi connectivity index (χ4n) is 1.11. The zero-order chi connectivity index (χ0) is 13.4. The average molecular weight is 174 g/mol. The highest BCUT2D eigenvalue weighted by Gasteiger charge is 1.98. The summed E-state index contributed by atoms with van der Waals surface area (Å²) in [5, 5.41) is 0. The molecule has 0 bridgehead atoms. The molecule has 0 spiro atoms. The molecule has 0 radical (unpaired) electrons. The minimum absolute atomic E-state index is 0.138. The van der Waals surface area contributed by atoms with Gasteiger partial charge in [-0.2, -0.15) is 0 Å². The Hall–Kier alpha value is -1.76. The van der Waals surface area contributed by atoms with Gasteiger partial charge in [0.15, 0.2) is 0 Å². The minimum Gasteiger partial charge on any atom is -0.398 e. The lowest BCUT2D eigenvalue weighted by Gasteiger charge is -2.03. The number of nitrogens with two attached hydrogens (primary N) is 1. The molecule has 0 saturated carbocycles. The maximum absolute atomic E-state index is 7.84. The summed E-state index contributed by atoms with van der Waals surface area (Å²) in [5.41, 5.74) is 6.77. The van der Waals surface area contributed by atoms with Gasteiger partial charge in [0.05, 0.1) is 6.85 Å². The summed E-state index contributed by atoms with van der Waals surface area (Å²) in [5.74, 6) is 0. The number of hydrogen-bond acceptors (Lipinski definition) is 1. The van der Waals surface area contributed by atoms with Crippen molar-refractivity contribution >= 4 is 5.69 Å². The second kappa shape index (κ2) is 3.31. The van der Waals surface area contributed by atoms with Crippen molar-refractivity contribution in [1.82, 2.24) is 0 Å². The molecule has 0 aliphatic heterocycles. The van der Waals surface area contributed by atoms with Crippen molar-refractivity contribution < 1.29 is 6.85 Å². The Kier molecular flexibility index (Phi) is 1.01. The fraction of sp³-hybridized carbons (Fsp3) is 0. The number of nitrogen functional groups attached to an aromatic ring is 1. The van der Waals surface area contributed by atoms with Crippen LogP contribution >= 0.6 is 0 Å². The Balaban J connectivity index is 2.85. The lowest BCUT2D eigenvalue weighted by atomic mass is 10.0. The fourth-order valence-corrected chi connectivity index (χ4v) is 1.11. The van der Waals surface area contributed by atoms with E-state index in [0.29, 0.717) is 11.3 Å². The molecule has 0 aliphatic carbocycles. The maximum atomic E-state index is 7.84. The number of para-hydroxylation sites is 1. The molecule has 0 aliphatic rings. The van der Waals surface area contributed by atoms with Crippen LogP contribution in [0.3, 0.4) is 0 Å². The molecule has 0 atom stereocenters. The molecule has 2 aromatic carbocycles. The van der Waals surface area contributed by atoms with E-state index in [2.05, 4.69) is 0 Å². The van der Waals surface area contributed by atoms with Crippen LogP contribution in [0.4, 0.5) is 5.69 Å². The SMILES string of the molecule is [2H]c1c([2H])c([2H])c(-c2ccccc2N)c([2H])c1[2H]. The van der Waals surface area contributed by atoms with Crippen LogP contribution in [0.5, 0.6) is 0 Å². The molecule has 0 unspecified atom stereocenters. The van der Waals surface area contributed by atoms with E-state index >= 15 is 0 Å². The van der Waals surface area contributed by atoms with Gasteiger partial charge in [-0.1, -0.05) is 48.4 Å². The van der Waals surface area contributed by atoms with Gasteiger partial charge in [0.25, 0.3) is 0 Å². The smallest absolute Gasteiger partial charge is 0.0629 e. The Bertz CT molecular complexity index is 595. The predicted octanol–water partition coefficient (Wildman–Crippen LogP) is 2.94. The molecule has 64 valence electrons. The van der Waals surface area contributed by atoms with E-state index in [9.17, 15) is 0 Å². The first-order valence-electron chi connectivity index (χ1n) is 6.37. The summed E-state index contributed by atoms with van der Waals surface area (Å²) in [6, 6.07) is 5.14. The normalized spacial score (nSPS) is 15.2. The van der Waals surface area contributed by atoms with Crippen LogP contribution in [-0.4, -0.2) is 0 Å². The minimum atomic E-state index is -0.400. The molecule has 0 saturated heterocycles. The van der Waals surface area contributed by atoms with Crippen molar-refractivity contribution in [2.45, 2.75) is 0 Å². The van der Waals surface area contributed by atoms with Crippen molar-refractivity contribution in [3.8, 4) is 11.1 Å². The molecule has 2 aromatic rings. The van der Waals surface area contributed by atoms with E-state index in [-0.39, 0.29) is 29.7 Å². The first-order valence-corrected chi connectivity index (χ1v) is 3.87. The third-order valence-corrected chi connectivity index (χ3v) is 1.73. The Labute approximate surface area is 84.9 Å². The van der Waals surface area contributed by atoms with Crippen LogP contribution in [0.25, 0.3) is 11.1 Å². The lowest BCUT2D eigenvalue weighted by Crippen LogP contribution is -1.88. The molecule has 2 N–H and O–H groups in total. The van der Waals surface area contributed by atoms with Crippen molar-refractivity contribution in [1.29, 1.82) is 0 Å². The van der Waals surface area contributed by atoms with Crippen molar-refractivity contribution in [3.63, 3.8) is 0 Å². The van der Waals surface area contributed by atoms with Crippen molar-refractivity contribution in [2.75, 3.05) is 5.73 Å². The summed E-state index contributed by atoms with van der Waals surface area (Å²) < 4.78 is 38.4. The van der Waals surface area contributed by atoms with E-state index < -0.39 is 6.04 Å². The summed E-state index contributed by atoms with van der Waals surface area (Å²) in [6.07, 6.45) is 0. The third kappa shape index (κ3) is 1.54. The molecule has 0 aromatic heterocycles. The van der Waals surface area contributed by atoms with Gasteiger partial charge in [-0.3, -0.25) is 0 Å². The zero-order valence-electron chi connectivity index (χ0n) is 11.9. The highest BCUT2D eigenvalue weighted by atomic mass is 14.6. The Morgan fingerprint density at radius 1 is 1.00 bits per heavy atom. The number of rotatable bonds is 1. The summed E-state index contributed by atoms with van der Waals surface area (Å²) in [7, 11) is 0. The molecule has 1 heteroatoms. The number of anilines is 1. The van der Waals surface area contributed by atoms with E-state index in [1.807, 2.05) is 0 Å². The molecule has 0 amide bonds. The average Bonchev–Trinajstić information content (AvgIpc) is 2.36. The largest absolute Gasteiger partial charge is 0.398 e. The third-order valence-electron chi connectivity index (χ3n) is 1.73. The molecule has 0 fully saturated rings. The summed E-state index contributed by atoms with van der Waals surface area (Å²) in [4.78, 5) is 0. The highest BCUT2D eigenvalue weighted by Crippen LogP contribution is 2.24. The van der Waals surface area contributed by atoms with E-state index in [1.165, 1.54) is 0 Å². The van der Waals surface area contributed by atoms with Crippen LogP contribution in [0, 0.1) is 0 Å². The molecular formula is C12H11N. The van der Waals surface area contributed by atoms with Gasteiger partial charge in [-0.15, -0.1) is 0 Å². The van der Waals surface area contributed by atoms with Gasteiger partial charge in [0.1, 0.15) is 0 Å². The van der Waals surface area contributed by atoms with Gasteiger partial charge in [0.2, 0.25) is 0 Å². The summed E-state index contributed by atoms with van der Waals surface area (Å²) >= 11 is 0. The van der Waals surface area contributed by atoms with Crippen LogP contribution < -0.4 is 5.73 Å². The van der Waals surface area contributed by atoms with Crippen LogP contribution in [-0.2, 0) is 0 Å². The van der Waals surface area contributed by atoms with Gasteiger partial charge < -0.3 is 5.73 Å². The van der Waals surface area contributed by atoms with Gasteiger partial charge in [-0.25, -0.2) is 0 Å². The maximum Gasteiger partial charge on any atom is 0.0629 e. The zero-order valence-corrected chi connectivity index (χ0v) is 6.89. The lowest BCUT2D eigenvalue weighted by molar-refractivity contribution is 1.61. The first-order chi connectivity index (χ1) is 8.45. The molecule has 0 heterocycles. The topological polar surface area (TPSA) is 26.0 Å². The second-order valence-electron chi connectivity index (χ2n) is 2.59. The molecule has 13 heavy (non-hydrogen) atoms. The molecular weight excluding hydrogens is 158 g/mol. The van der Waals surface area contributed by atoms with Gasteiger partial charge >= 0.3 is 0 Å². The Morgan fingerprint density at radius 2 is 1.69 bits per heavy atom. The van der Waals surface area contributed by atoms with Crippen LogP contribution in [0.15, 0.2) is 54.5 Å². The van der Waals surface area contributed by atoms with Crippen molar-refractivity contribution in [2.24, 2.45) is 0 Å². The van der Waals surface area contributed by atoms with Crippen molar-refractivity contribution in [3.05, 3.63) is 54.5 Å². The Morgan fingerprint density at radius 3 is 2.38 bits per heavy atom. The monoisotopic (exact) mass is 174 g/mol. The quantitative estimate of drug-likeness (QED) is 0.661. The standard InChI is InChI=1S/C12H11N/c13-12-9-5-4-8-11(12)10-6-2-1-3-7-10/h1-9H,13H2/i1D,2D,3D,6D,7D. The van der Waals surface area contributed by atoms with E-state index in [4.69, 9.17) is 12.6 Å². The van der Waals surface area contributed by atoms with Crippen LogP contribution in [0.1, 0.15) is 6.85 Å².